The first kappa shape index (κ1) is 68.5. The number of ether oxygens (including phenoxy) is 2. The first-order valence-electron chi connectivity index (χ1n) is 29.4. The molecule has 10 heteroatoms. The smallest absolute Gasteiger partial charge is 0.462 e. The highest BCUT2D eigenvalue weighted by Gasteiger charge is 2.26. The molecule has 71 heavy (non-hydrogen) atoms. The highest BCUT2D eigenvalue weighted by molar-refractivity contribution is 7.47. The standard InChI is InChI=1S/C61H110NO8P/c1-3-5-7-9-11-13-15-17-19-20-21-22-23-24-25-26-27-28-29-30-31-32-33-34-35-36-37-38-40-42-44-46-48-50-52-54-61(64)70-59(58-69-71(65,66)68-56-55-62)57-67-60(63)53-51-49-47-45-43-41-39-18-16-14-12-10-8-6-4-2/h5,7,11,13,17,19,21-22,24-25,27-28,59H,3-4,6,8-10,12,14-16,18,20,23,26,29-58,62H2,1-2H3,(H,65,66)/b7-5-,13-11-,19-17-,22-21-,25-24-,28-27-. The fourth-order valence-corrected chi connectivity index (χ4v) is 9.05. The van der Waals surface area contributed by atoms with Crippen molar-refractivity contribution >= 4 is 19.8 Å². The second kappa shape index (κ2) is 56.7. The van der Waals surface area contributed by atoms with Crippen LogP contribution in [0.1, 0.15) is 271 Å². The van der Waals surface area contributed by atoms with Gasteiger partial charge in [-0.2, -0.15) is 0 Å². The molecule has 0 aromatic carbocycles. The van der Waals surface area contributed by atoms with Gasteiger partial charge in [0, 0.05) is 19.4 Å². The number of carbonyl (C=O) groups excluding carboxylic acids is 2. The molecule has 0 rings (SSSR count). The van der Waals surface area contributed by atoms with Crippen LogP contribution in [-0.2, 0) is 32.7 Å². The van der Waals surface area contributed by atoms with Crippen molar-refractivity contribution in [1.29, 1.82) is 0 Å². The number of esters is 2. The lowest BCUT2D eigenvalue weighted by molar-refractivity contribution is -0.161. The topological polar surface area (TPSA) is 134 Å². The van der Waals surface area contributed by atoms with Crippen molar-refractivity contribution in [3.8, 4) is 0 Å². The summed E-state index contributed by atoms with van der Waals surface area (Å²) in [7, 11) is -4.38. The van der Waals surface area contributed by atoms with Gasteiger partial charge in [0.15, 0.2) is 6.10 Å². The van der Waals surface area contributed by atoms with Crippen LogP contribution in [0.3, 0.4) is 0 Å². The van der Waals surface area contributed by atoms with Crippen molar-refractivity contribution in [1.82, 2.24) is 0 Å². The molecular weight excluding hydrogens is 906 g/mol. The Morgan fingerprint density at radius 3 is 1.15 bits per heavy atom. The van der Waals surface area contributed by atoms with E-state index < -0.39 is 26.5 Å². The van der Waals surface area contributed by atoms with Gasteiger partial charge >= 0.3 is 19.8 Å². The number of hydrogen-bond acceptors (Lipinski definition) is 8. The third-order valence-electron chi connectivity index (χ3n) is 12.6. The van der Waals surface area contributed by atoms with Gasteiger partial charge in [-0.05, 0) is 64.2 Å². The third kappa shape index (κ3) is 56.6. The number of rotatable bonds is 55. The third-order valence-corrected chi connectivity index (χ3v) is 13.6. The molecule has 0 saturated carbocycles. The minimum absolute atomic E-state index is 0.0536. The molecule has 0 aliphatic carbocycles. The van der Waals surface area contributed by atoms with E-state index in [1.165, 1.54) is 161 Å². The van der Waals surface area contributed by atoms with Crippen LogP contribution in [0.2, 0.25) is 0 Å². The molecule has 0 aliphatic heterocycles. The lowest BCUT2D eigenvalue weighted by Crippen LogP contribution is -2.29. The predicted octanol–water partition coefficient (Wildman–Crippen LogP) is 18.5. The van der Waals surface area contributed by atoms with E-state index in [9.17, 15) is 19.0 Å². The Hall–Kier alpha value is -2.55. The Morgan fingerprint density at radius 2 is 0.775 bits per heavy atom. The van der Waals surface area contributed by atoms with E-state index >= 15 is 0 Å². The molecule has 0 fully saturated rings. The summed E-state index contributed by atoms with van der Waals surface area (Å²) in [4.78, 5) is 35.1. The maximum Gasteiger partial charge on any atom is 0.472 e. The largest absolute Gasteiger partial charge is 0.472 e. The molecule has 412 valence electrons. The van der Waals surface area contributed by atoms with Gasteiger partial charge in [0.1, 0.15) is 6.61 Å². The zero-order valence-corrected chi connectivity index (χ0v) is 46.8. The molecule has 2 unspecified atom stereocenters. The lowest BCUT2D eigenvalue weighted by Gasteiger charge is -2.19. The second-order valence-electron chi connectivity index (χ2n) is 19.5. The quantitative estimate of drug-likeness (QED) is 0.0264. The van der Waals surface area contributed by atoms with Gasteiger partial charge in [0.25, 0.3) is 0 Å². The van der Waals surface area contributed by atoms with Crippen LogP contribution >= 0.6 is 7.82 Å². The van der Waals surface area contributed by atoms with E-state index in [4.69, 9.17) is 24.3 Å². The van der Waals surface area contributed by atoms with Crippen LogP contribution in [-0.4, -0.2) is 49.3 Å². The Bertz CT molecular complexity index is 1390. The molecule has 0 aromatic heterocycles. The second-order valence-corrected chi connectivity index (χ2v) is 20.9. The maximum atomic E-state index is 12.7. The molecule has 0 amide bonds. The zero-order valence-electron chi connectivity index (χ0n) is 45.9. The number of allylic oxidation sites excluding steroid dienone is 12. The molecule has 0 heterocycles. The molecule has 0 aromatic rings. The average Bonchev–Trinajstić information content (AvgIpc) is 3.36. The molecular formula is C61H110NO8P. The SMILES string of the molecule is CC/C=C\C/C=C\C/C=C\C/C=C\C/C=C\C/C=C\CCCCCCCCCCCCCCCCCCC(=O)OC(COC(=O)CCCCCCCCCCCCCCCCC)COP(=O)(O)OCCN. The molecule has 0 bridgehead atoms. The Morgan fingerprint density at radius 1 is 0.437 bits per heavy atom. The van der Waals surface area contributed by atoms with Crippen molar-refractivity contribution in [2.24, 2.45) is 5.73 Å². The Kier molecular flexibility index (Phi) is 54.7. The fourth-order valence-electron chi connectivity index (χ4n) is 8.29. The van der Waals surface area contributed by atoms with Crippen molar-refractivity contribution in [3.05, 3.63) is 72.9 Å². The molecule has 0 saturated heterocycles. The number of carbonyl (C=O) groups is 2. The van der Waals surface area contributed by atoms with Gasteiger partial charge in [-0.3, -0.25) is 18.6 Å². The summed E-state index contributed by atoms with van der Waals surface area (Å²) < 4.78 is 33.0. The predicted molar refractivity (Wildman–Crippen MR) is 302 cm³/mol. The Labute approximate surface area is 437 Å². The lowest BCUT2D eigenvalue weighted by atomic mass is 10.0. The molecule has 0 aliphatic rings. The minimum atomic E-state index is -4.38. The number of unbranched alkanes of at least 4 members (excludes halogenated alkanes) is 30. The van der Waals surface area contributed by atoms with E-state index in [1.54, 1.807) is 0 Å². The summed E-state index contributed by atoms with van der Waals surface area (Å²) in [6.45, 7) is 3.66. The summed E-state index contributed by atoms with van der Waals surface area (Å²) in [6.07, 6.45) is 72.5. The van der Waals surface area contributed by atoms with Gasteiger partial charge < -0.3 is 20.1 Å². The van der Waals surface area contributed by atoms with E-state index in [-0.39, 0.29) is 38.6 Å². The number of hydrogen-bond donors (Lipinski definition) is 2. The number of nitrogens with two attached hydrogens (primary N) is 1. The monoisotopic (exact) mass is 1020 g/mol. The highest BCUT2D eigenvalue weighted by atomic mass is 31.2. The molecule has 0 spiro atoms. The van der Waals surface area contributed by atoms with Gasteiger partial charge in [0.05, 0.1) is 13.2 Å². The summed E-state index contributed by atoms with van der Waals surface area (Å²) in [5.41, 5.74) is 5.38. The molecule has 9 nitrogen and oxygen atoms in total. The molecule has 3 N–H and O–H groups in total. The molecule has 2 atom stereocenters. The van der Waals surface area contributed by atoms with E-state index in [1.807, 2.05) is 0 Å². The minimum Gasteiger partial charge on any atom is -0.462 e. The summed E-state index contributed by atoms with van der Waals surface area (Å²) >= 11 is 0. The van der Waals surface area contributed by atoms with Crippen LogP contribution in [0, 0.1) is 0 Å². The zero-order chi connectivity index (χ0) is 51.7. The van der Waals surface area contributed by atoms with Crippen LogP contribution in [0.25, 0.3) is 0 Å². The first-order chi connectivity index (χ1) is 34.8. The van der Waals surface area contributed by atoms with Gasteiger partial charge in [-0.25, -0.2) is 4.57 Å². The number of phosphoric acid groups is 1. The summed E-state index contributed by atoms with van der Waals surface area (Å²) in [6, 6.07) is 0. The van der Waals surface area contributed by atoms with Crippen LogP contribution in [0.5, 0.6) is 0 Å². The average molecular weight is 1020 g/mol. The van der Waals surface area contributed by atoms with Crippen LogP contribution < -0.4 is 5.73 Å². The van der Waals surface area contributed by atoms with E-state index in [0.29, 0.717) is 6.42 Å². The van der Waals surface area contributed by atoms with Gasteiger partial charge in [-0.15, -0.1) is 0 Å². The van der Waals surface area contributed by atoms with Crippen molar-refractivity contribution in [2.45, 2.75) is 277 Å². The fraction of sp³-hybridized carbons (Fsp3) is 0.770. The van der Waals surface area contributed by atoms with Crippen LogP contribution in [0.15, 0.2) is 72.9 Å². The summed E-state index contributed by atoms with van der Waals surface area (Å²) in [5, 5.41) is 0. The maximum absolute atomic E-state index is 12.7. The van der Waals surface area contributed by atoms with Crippen molar-refractivity contribution < 1.29 is 37.6 Å². The molecule has 0 radical (unpaired) electrons. The van der Waals surface area contributed by atoms with Gasteiger partial charge in [-0.1, -0.05) is 267 Å². The first-order valence-corrected chi connectivity index (χ1v) is 30.9. The van der Waals surface area contributed by atoms with Crippen molar-refractivity contribution in [3.63, 3.8) is 0 Å². The van der Waals surface area contributed by atoms with Crippen molar-refractivity contribution in [2.75, 3.05) is 26.4 Å². The summed E-state index contributed by atoms with van der Waals surface area (Å²) in [5.74, 6) is -0.818. The normalized spacial score (nSPS) is 13.6. The van der Waals surface area contributed by atoms with E-state index in [0.717, 1.165) is 77.0 Å². The highest BCUT2D eigenvalue weighted by Crippen LogP contribution is 2.43. The number of phosphoric ester groups is 1. The van der Waals surface area contributed by atoms with Crippen LogP contribution in [0.4, 0.5) is 0 Å². The van der Waals surface area contributed by atoms with E-state index in [2.05, 4.69) is 86.8 Å². The van der Waals surface area contributed by atoms with Gasteiger partial charge in [0.2, 0.25) is 0 Å². The Balaban J connectivity index is 3.88.